The normalized spacial score (nSPS) is 13.9. The predicted octanol–water partition coefficient (Wildman–Crippen LogP) is 5.00. The maximum atomic E-state index is 13.4. The average molecular weight is 468 g/mol. The number of carbonyl (C=O) groups is 1. The van der Waals surface area contributed by atoms with Gasteiger partial charge in [-0.25, -0.2) is 9.97 Å². The van der Waals surface area contributed by atoms with Gasteiger partial charge in [-0.3, -0.25) is 9.78 Å². The van der Waals surface area contributed by atoms with E-state index in [4.69, 9.17) is 14.7 Å². The van der Waals surface area contributed by atoms with Gasteiger partial charge in [0.25, 0.3) is 5.91 Å². The number of carbonyl (C=O) groups excluding carboxylic acids is 1. The third-order valence-electron chi connectivity index (χ3n) is 5.85. The van der Waals surface area contributed by atoms with Crippen LogP contribution < -0.4 is 10.2 Å². The number of anilines is 2. The van der Waals surface area contributed by atoms with Crippen molar-refractivity contribution in [3.8, 4) is 11.3 Å². The van der Waals surface area contributed by atoms with Gasteiger partial charge in [-0.1, -0.05) is 29.5 Å². The smallest absolute Gasteiger partial charge is 0.256 e. The van der Waals surface area contributed by atoms with Gasteiger partial charge in [0.2, 0.25) is 0 Å². The van der Waals surface area contributed by atoms with Gasteiger partial charge < -0.3 is 15.0 Å². The molecule has 1 N–H and O–H groups in total. The van der Waals surface area contributed by atoms with E-state index in [0.29, 0.717) is 5.56 Å². The Morgan fingerprint density at radius 1 is 0.941 bits per heavy atom. The molecule has 4 heterocycles. The minimum absolute atomic E-state index is 0.175. The van der Waals surface area contributed by atoms with Crippen molar-refractivity contribution in [3.05, 3.63) is 78.6 Å². The zero-order chi connectivity index (χ0) is 22.9. The molecule has 3 aromatic heterocycles. The molecule has 1 saturated heterocycles. The Hall–Kier alpha value is -3.88. The van der Waals surface area contributed by atoms with Crippen LogP contribution in [0, 0.1) is 0 Å². The second-order valence-corrected chi connectivity index (χ2v) is 9.05. The van der Waals surface area contributed by atoms with Crippen LogP contribution in [0.4, 0.5) is 10.8 Å². The van der Waals surface area contributed by atoms with E-state index in [0.717, 1.165) is 69.5 Å². The Bertz CT molecular complexity index is 1500. The number of pyridine rings is 2. The maximum Gasteiger partial charge on any atom is 0.256 e. The van der Waals surface area contributed by atoms with E-state index in [1.165, 1.54) is 0 Å². The van der Waals surface area contributed by atoms with Crippen LogP contribution >= 0.6 is 11.3 Å². The van der Waals surface area contributed by atoms with E-state index in [1.807, 2.05) is 60.7 Å². The van der Waals surface area contributed by atoms with Crippen molar-refractivity contribution in [2.75, 3.05) is 36.5 Å². The van der Waals surface area contributed by atoms with Crippen LogP contribution in [0.2, 0.25) is 0 Å². The van der Waals surface area contributed by atoms with Gasteiger partial charge in [0.05, 0.1) is 40.2 Å². The third kappa shape index (κ3) is 3.98. The van der Waals surface area contributed by atoms with E-state index in [2.05, 4.69) is 15.2 Å². The van der Waals surface area contributed by atoms with Gasteiger partial charge in [-0.05, 0) is 42.5 Å². The van der Waals surface area contributed by atoms with Gasteiger partial charge in [-0.2, -0.15) is 0 Å². The molecule has 1 amide bonds. The second kappa shape index (κ2) is 8.81. The predicted molar refractivity (Wildman–Crippen MR) is 136 cm³/mol. The number of amides is 1. The number of rotatable bonds is 4. The first-order valence-corrected chi connectivity index (χ1v) is 11.9. The van der Waals surface area contributed by atoms with Crippen molar-refractivity contribution in [1.29, 1.82) is 0 Å². The quantitative estimate of drug-likeness (QED) is 0.401. The number of nitrogens with one attached hydrogen (secondary N) is 1. The van der Waals surface area contributed by atoms with Crippen LogP contribution in [-0.2, 0) is 4.74 Å². The van der Waals surface area contributed by atoms with Crippen LogP contribution in [0.15, 0.2) is 73.1 Å². The summed E-state index contributed by atoms with van der Waals surface area (Å²) in [6, 6.07) is 19.2. The Labute approximate surface area is 200 Å². The summed E-state index contributed by atoms with van der Waals surface area (Å²) in [5.41, 5.74) is 4.67. The zero-order valence-corrected chi connectivity index (χ0v) is 19.1. The number of hydrogen-bond donors (Lipinski definition) is 1. The Morgan fingerprint density at radius 2 is 1.76 bits per heavy atom. The minimum Gasteiger partial charge on any atom is -0.378 e. The fourth-order valence-electron chi connectivity index (χ4n) is 4.11. The van der Waals surface area contributed by atoms with Crippen molar-refractivity contribution in [3.63, 3.8) is 0 Å². The number of fused-ring (bicyclic) bond motifs is 2. The number of aromatic nitrogens is 3. The fraction of sp³-hybridized carbons (Fsp3) is 0.154. The molecule has 0 spiro atoms. The van der Waals surface area contributed by atoms with Crippen molar-refractivity contribution < 1.29 is 9.53 Å². The van der Waals surface area contributed by atoms with Crippen LogP contribution in [0.25, 0.3) is 32.4 Å². The largest absolute Gasteiger partial charge is 0.378 e. The lowest BCUT2D eigenvalue weighted by Crippen LogP contribution is -2.36. The summed E-state index contributed by atoms with van der Waals surface area (Å²) < 4.78 is 6.49. The number of para-hydroxylation sites is 1. The Balaban J connectivity index is 1.33. The Morgan fingerprint density at radius 3 is 2.62 bits per heavy atom. The maximum absolute atomic E-state index is 13.4. The molecular weight excluding hydrogens is 446 g/mol. The molecular formula is C26H21N5O2S. The van der Waals surface area contributed by atoms with Crippen LogP contribution in [0.1, 0.15) is 10.4 Å². The van der Waals surface area contributed by atoms with Gasteiger partial charge in [0, 0.05) is 42.1 Å². The van der Waals surface area contributed by atoms with Gasteiger partial charge in [-0.15, -0.1) is 0 Å². The molecule has 7 nitrogen and oxygen atoms in total. The lowest BCUT2D eigenvalue weighted by Gasteiger charge is -2.25. The number of ether oxygens (including phenoxy) is 1. The molecule has 34 heavy (non-hydrogen) atoms. The first-order valence-electron chi connectivity index (χ1n) is 11.1. The molecule has 0 aliphatic carbocycles. The highest BCUT2D eigenvalue weighted by atomic mass is 32.1. The Kier molecular flexibility index (Phi) is 5.37. The molecule has 5 aromatic rings. The molecule has 0 radical (unpaired) electrons. The van der Waals surface area contributed by atoms with Crippen LogP contribution in [0.3, 0.4) is 0 Å². The molecule has 2 aromatic carbocycles. The molecule has 168 valence electrons. The van der Waals surface area contributed by atoms with Crippen molar-refractivity contribution in [2.24, 2.45) is 0 Å². The monoisotopic (exact) mass is 467 g/mol. The van der Waals surface area contributed by atoms with E-state index in [9.17, 15) is 4.79 Å². The summed E-state index contributed by atoms with van der Waals surface area (Å²) in [6.07, 6.45) is 3.45. The molecule has 0 bridgehead atoms. The van der Waals surface area contributed by atoms with Crippen molar-refractivity contribution in [2.45, 2.75) is 0 Å². The summed E-state index contributed by atoms with van der Waals surface area (Å²) in [6.45, 7) is 3.13. The highest BCUT2D eigenvalue weighted by Crippen LogP contribution is 2.32. The second-order valence-electron chi connectivity index (χ2n) is 8.04. The summed E-state index contributed by atoms with van der Waals surface area (Å²) in [4.78, 5) is 29.3. The summed E-state index contributed by atoms with van der Waals surface area (Å²) >= 11 is 1.64. The molecule has 1 aliphatic rings. The third-order valence-corrected chi connectivity index (χ3v) is 6.93. The summed E-state index contributed by atoms with van der Waals surface area (Å²) in [7, 11) is 0. The average Bonchev–Trinajstić information content (AvgIpc) is 3.32. The molecule has 8 heteroatoms. The molecule has 0 atom stereocenters. The topological polar surface area (TPSA) is 80.2 Å². The first-order chi connectivity index (χ1) is 16.7. The number of hydrogen-bond acceptors (Lipinski definition) is 7. The zero-order valence-electron chi connectivity index (χ0n) is 18.3. The van der Waals surface area contributed by atoms with Crippen molar-refractivity contribution in [1.82, 2.24) is 15.0 Å². The van der Waals surface area contributed by atoms with Crippen LogP contribution in [-0.4, -0.2) is 47.2 Å². The number of nitrogens with zero attached hydrogens (tertiary/aromatic N) is 4. The van der Waals surface area contributed by atoms with E-state index in [1.54, 1.807) is 23.7 Å². The van der Waals surface area contributed by atoms with E-state index in [-0.39, 0.29) is 5.91 Å². The highest BCUT2D eigenvalue weighted by molar-refractivity contribution is 7.22. The lowest BCUT2D eigenvalue weighted by atomic mass is 10.0. The number of morpholine rings is 1. The van der Waals surface area contributed by atoms with Crippen molar-refractivity contribution >= 4 is 49.2 Å². The lowest BCUT2D eigenvalue weighted by molar-refractivity contribution is 0.102. The highest BCUT2D eigenvalue weighted by Gasteiger charge is 2.17. The molecule has 0 unspecified atom stereocenters. The minimum atomic E-state index is -0.175. The summed E-state index contributed by atoms with van der Waals surface area (Å²) in [5, 5.41) is 4.88. The fourth-order valence-corrected chi connectivity index (χ4v) is 5.17. The SMILES string of the molecule is O=C(Nc1ccc2nc(N3CCOCC3)sc2c1)c1cc(-c2ccncc2)nc2ccccc12. The molecule has 1 fully saturated rings. The van der Waals surface area contributed by atoms with E-state index >= 15 is 0 Å². The first kappa shape index (κ1) is 20.7. The van der Waals surface area contributed by atoms with Gasteiger partial charge >= 0.3 is 0 Å². The van der Waals surface area contributed by atoms with Gasteiger partial charge in [0.1, 0.15) is 0 Å². The number of thiazole rings is 1. The van der Waals surface area contributed by atoms with Gasteiger partial charge in [0.15, 0.2) is 5.13 Å². The molecule has 6 rings (SSSR count). The molecule has 1 aliphatic heterocycles. The standard InChI is InChI=1S/C26H21N5O2S/c32-25(20-16-23(17-7-9-27-10-8-17)29-21-4-2-1-3-19(20)21)28-18-5-6-22-24(15-18)34-26(30-22)31-11-13-33-14-12-31/h1-10,15-16H,11-14H2,(H,28,32). The summed E-state index contributed by atoms with van der Waals surface area (Å²) in [5.74, 6) is -0.175. The number of benzene rings is 2. The van der Waals surface area contributed by atoms with E-state index < -0.39 is 0 Å². The van der Waals surface area contributed by atoms with Crippen LogP contribution in [0.5, 0.6) is 0 Å². The molecule has 0 saturated carbocycles.